The third kappa shape index (κ3) is 2.60. The van der Waals surface area contributed by atoms with Gasteiger partial charge in [0.15, 0.2) is 0 Å². The number of hydrogen-bond acceptors (Lipinski definition) is 2. The van der Waals surface area contributed by atoms with Crippen molar-refractivity contribution in [2.75, 3.05) is 18.0 Å². The van der Waals surface area contributed by atoms with Crippen LogP contribution in [0.3, 0.4) is 0 Å². The number of halogens is 1. The fourth-order valence-corrected chi connectivity index (χ4v) is 2.68. The van der Waals surface area contributed by atoms with E-state index in [1.165, 1.54) is 18.9 Å². The van der Waals surface area contributed by atoms with E-state index in [2.05, 4.69) is 11.8 Å². The number of benzene rings is 1. The lowest BCUT2D eigenvalue weighted by molar-refractivity contribution is 0.401. The zero-order valence-corrected chi connectivity index (χ0v) is 10.5. The molecule has 1 heterocycles. The monoisotopic (exact) mass is 236 g/mol. The topological polar surface area (TPSA) is 29.3 Å². The lowest BCUT2D eigenvalue weighted by Crippen LogP contribution is -2.36. The highest BCUT2D eigenvalue weighted by molar-refractivity contribution is 5.55. The fraction of sp³-hybridized carbons (Fsp3) is 0.571. The van der Waals surface area contributed by atoms with Gasteiger partial charge in [0.05, 0.1) is 5.69 Å². The molecule has 1 aromatic carbocycles. The van der Waals surface area contributed by atoms with E-state index in [0.29, 0.717) is 12.5 Å². The van der Waals surface area contributed by atoms with Gasteiger partial charge in [-0.1, -0.05) is 25.5 Å². The van der Waals surface area contributed by atoms with E-state index in [4.69, 9.17) is 5.73 Å². The van der Waals surface area contributed by atoms with E-state index in [0.717, 1.165) is 30.8 Å². The van der Waals surface area contributed by atoms with Crippen LogP contribution < -0.4 is 10.6 Å². The van der Waals surface area contributed by atoms with Gasteiger partial charge in [-0.2, -0.15) is 0 Å². The van der Waals surface area contributed by atoms with E-state index in [-0.39, 0.29) is 5.82 Å². The molecule has 0 aliphatic carbocycles. The Morgan fingerprint density at radius 2 is 2.29 bits per heavy atom. The van der Waals surface area contributed by atoms with Crippen LogP contribution in [0.1, 0.15) is 31.7 Å². The Labute approximate surface area is 103 Å². The van der Waals surface area contributed by atoms with E-state index in [1.54, 1.807) is 6.07 Å². The van der Waals surface area contributed by atoms with Crippen molar-refractivity contribution in [3.63, 3.8) is 0 Å². The summed E-state index contributed by atoms with van der Waals surface area (Å²) in [6.07, 6.45) is 3.58. The third-order valence-electron chi connectivity index (χ3n) is 3.70. The summed E-state index contributed by atoms with van der Waals surface area (Å²) in [5.41, 5.74) is 7.35. The van der Waals surface area contributed by atoms with Crippen molar-refractivity contribution in [2.45, 2.75) is 32.7 Å². The standard InChI is InChI=1S/C14H21FN2/c1-2-11-5-4-8-17(10-11)14-12(9-16)6-3-7-13(14)15/h3,6-7,11H,2,4-5,8-10,16H2,1H3. The van der Waals surface area contributed by atoms with Crippen LogP contribution in [0.5, 0.6) is 0 Å². The quantitative estimate of drug-likeness (QED) is 0.874. The predicted octanol–water partition coefficient (Wildman–Crippen LogP) is 2.91. The Kier molecular flexibility index (Phi) is 4.00. The largest absolute Gasteiger partial charge is 0.369 e. The van der Waals surface area contributed by atoms with Crippen LogP contribution in [0.4, 0.5) is 10.1 Å². The molecule has 2 nitrogen and oxygen atoms in total. The molecule has 0 amide bonds. The second-order valence-corrected chi connectivity index (χ2v) is 4.81. The van der Waals surface area contributed by atoms with Crippen LogP contribution in [-0.2, 0) is 6.54 Å². The molecule has 0 saturated carbocycles. The number of rotatable bonds is 3. The molecule has 94 valence electrons. The van der Waals surface area contributed by atoms with Crippen LogP contribution in [0, 0.1) is 11.7 Å². The van der Waals surface area contributed by atoms with Crippen molar-refractivity contribution in [1.29, 1.82) is 0 Å². The van der Waals surface area contributed by atoms with Gasteiger partial charge in [0.25, 0.3) is 0 Å². The van der Waals surface area contributed by atoms with Crippen molar-refractivity contribution >= 4 is 5.69 Å². The van der Waals surface area contributed by atoms with E-state index < -0.39 is 0 Å². The summed E-state index contributed by atoms with van der Waals surface area (Å²) < 4.78 is 14.0. The average molecular weight is 236 g/mol. The minimum absolute atomic E-state index is 0.135. The molecule has 1 unspecified atom stereocenters. The summed E-state index contributed by atoms with van der Waals surface area (Å²) in [6.45, 7) is 4.52. The Morgan fingerprint density at radius 1 is 1.47 bits per heavy atom. The zero-order chi connectivity index (χ0) is 12.3. The highest BCUT2D eigenvalue weighted by Gasteiger charge is 2.22. The van der Waals surface area contributed by atoms with E-state index in [9.17, 15) is 4.39 Å². The molecular weight excluding hydrogens is 215 g/mol. The summed E-state index contributed by atoms with van der Waals surface area (Å²) in [4.78, 5) is 2.18. The van der Waals surface area contributed by atoms with Gasteiger partial charge >= 0.3 is 0 Å². The molecule has 2 N–H and O–H groups in total. The molecule has 1 saturated heterocycles. The summed E-state index contributed by atoms with van der Waals surface area (Å²) >= 11 is 0. The molecule has 2 rings (SSSR count). The Balaban J connectivity index is 2.26. The number of piperidine rings is 1. The van der Waals surface area contributed by atoms with Crippen LogP contribution in [0.25, 0.3) is 0 Å². The second-order valence-electron chi connectivity index (χ2n) is 4.81. The first-order valence-corrected chi connectivity index (χ1v) is 6.48. The summed E-state index contributed by atoms with van der Waals surface area (Å²) in [5.74, 6) is 0.554. The van der Waals surface area contributed by atoms with Crippen LogP contribution in [-0.4, -0.2) is 13.1 Å². The lowest BCUT2D eigenvalue weighted by atomic mass is 9.94. The molecule has 1 atom stereocenters. The molecule has 0 bridgehead atoms. The molecule has 17 heavy (non-hydrogen) atoms. The lowest BCUT2D eigenvalue weighted by Gasteiger charge is -2.35. The molecule has 1 aliphatic heterocycles. The van der Waals surface area contributed by atoms with Gasteiger partial charge in [-0.3, -0.25) is 0 Å². The Bertz CT molecular complexity index is 378. The highest BCUT2D eigenvalue weighted by Crippen LogP contribution is 2.29. The van der Waals surface area contributed by atoms with Crippen molar-refractivity contribution in [2.24, 2.45) is 11.7 Å². The highest BCUT2D eigenvalue weighted by atomic mass is 19.1. The molecule has 1 aliphatic rings. The van der Waals surface area contributed by atoms with Gasteiger partial charge in [-0.05, 0) is 30.4 Å². The SMILES string of the molecule is CCC1CCCN(c2c(F)cccc2CN)C1. The maximum atomic E-state index is 14.0. The first-order valence-electron chi connectivity index (χ1n) is 6.48. The van der Waals surface area contributed by atoms with Gasteiger partial charge in [-0.15, -0.1) is 0 Å². The second kappa shape index (κ2) is 5.50. The number of hydrogen-bond donors (Lipinski definition) is 1. The molecule has 3 heteroatoms. The van der Waals surface area contributed by atoms with E-state index >= 15 is 0 Å². The number of nitrogens with zero attached hydrogens (tertiary/aromatic N) is 1. The van der Waals surface area contributed by atoms with Gasteiger partial charge in [0.1, 0.15) is 5.82 Å². The summed E-state index contributed by atoms with van der Waals surface area (Å²) in [7, 11) is 0. The van der Waals surface area contributed by atoms with Gasteiger partial charge in [0.2, 0.25) is 0 Å². The smallest absolute Gasteiger partial charge is 0.146 e. The zero-order valence-electron chi connectivity index (χ0n) is 10.5. The van der Waals surface area contributed by atoms with Crippen molar-refractivity contribution < 1.29 is 4.39 Å². The molecule has 0 spiro atoms. The molecule has 0 aromatic heterocycles. The summed E-state index contributed by atoms with van der Waals surface area (Å²) in [6, 6.07) is 5.19. The van der Waals surface area contributed by atoms with E-state index in [1.807, 2.05) is 6.07 Å². The Hall–Kier alpha value is -1.09. The molecular formula is C14H21FN2. The number of para-hydroxylation sites is 1. The minimum Gasteiger partial charge on any atom is -0.369 e. The maximum Gasteiger partial charge on any atom is 0.146 e. The third-order valence-corrected chi connectivity index (χ3v) is 3.70. The first kappa shape index (κ1) is 12.4. The van der Waals surface area contributed by atoms with Gasteiger partial charge < -0.3 is 10.6 Å². The van der Waals surface area contributed by atoms with Crippen LogP contribution >= 0.6 is 0 Å². The normalized spacial score (nSPS) is 20.6. The Morgan fingerprint density at radius 3 is 3.00 bits per heavy atom. The van der Waals surface area contributed by atoms with Crippen molar-refractivity contribution in [1.82, 2.24) is 0 Å². The first-order chi connectivity index (χ1) is 8.26. The number of anilines is 1. The van der Waals surface area contributed by atoms with Crippen molar-refractivity contribution in [3.8, 4) is 0 Å². The minimum atomic E-state index is -0.135. The van der Waals surface area contributed by atoms with Gasteiger partial charge in [-0.25, -0.2) is 4.39 Å². The fourth-order valence-electron chi connectivity index (χ4n) is 2.68. The molecule has 1 aromatic rings. The predicted molar refractivity (Wildman–Crippen MR) is 69.5 cm³/mol. The number of nitrogens with two attached hydrogens (primary N) is 1. The van der Waals surface area contributed by atoms with Gasteiger partial charge in [0, 0.05) is 19.6 Å². The average Bonchev–Trinajstić information content (AvgIpc) is 2.38. The van der Waals surface area contributed by atoms with Crippen LogP contribution in [0.2, 0.25) is 0 Å². The molecule has 1 fully saturated rings. The van der Waals surface area contributed by atoms with Crippen molar-refractivity contribution in [3.05, 3.63) is 29.6 Å². The van der Waals surface area contributed by atoms with Crippen LogP contribution in [0.15, 0.2) is 18.2 Å². The molecule has 0 radical (unpaired) electrons. The maximum absolute atomic E-state index is 14.0. The summed E-state index contributed by atoms with van der Waals surface area (Å²) in [5, 5.41) is 0.